The maximum absolute atomic E-state index is 12.9. The summed E-state index contributed by atoms with van der Waals surface area (Å²) in [6.45, 7) is 3.47. The van der Waals surface area contributed by atoms with Gasteiger partial charge in [0.2, 0.25) is 15.9 Å². The van der Waals surface area contributed by atoms with Crippen molar-refractivity contribution in [2.75, 3.05) is 32.8 Å². The second-order valence-electron chi connectivity index (χ2n) is 8.13. The molecule has 0 saturated carbocycles. The lowest BCUT2D eigenvalue weighted by Gasteiger charge is -2.31. The van der Waals surface area contributed by atoms with E-state index in [1.54, 1.807) is 11.8 Å². The number of rotatable bonds is 6. The fraction of sp³-hybridized carbons (Fsp3) is 0.571. The highest BCUT2D eigenvalue weighted by atomic mass is 32.2. The number of oxazole rings is 1. The van der Waals surface area contributed by atoms with E-state index in [1.807, 2.05) is 0 Å². The Morgan fingerprint density at radius 2 is 1.91 bits per heavy atom. The van der Waals surface area contributed by atoms with Gasteiger partial charge in [0, 0.05) is 32.2 Å². The predicted octanol–water partition coefficient (Wildman–Crippen LogP) is 1.18. The average molecular weight is 466 g/mol. The molecule has 2 aliphatic heterocycles. The van der Waals surface area contributed by atoms with Gasteiger partial charge in [0.25, 0.3) is 0 Å². The number of nitrogens with zero attached hydrogens (tertiary/aromatic N) is 3. The van der Waals surface area contributed by atoms with Crippen molar-refractivity contribution in [1.29, 1.82) is 0 Å². The number of carbonyl (C=O) groups is 2. The van der Waals surface area contributed by atoms with Gasteiger partial charge in [-0.15, -0.1) is 0 Å². The predicted molar refractivity (Wildman–Crippen MR) is 114 cm³/mol. The van der Waals surface area contributed by atoms with Crippen molar-refractivity contribution < 1.29 is 27.2 Å². The van der Waals surface area contributed by atoms with E-state index in [2.05, 4.69) is 0 Å². The lowest BCUT2D eigenvalue weighted by Crippen LogP contribution is -2.44. The van der Waals surface area contributed by atoms with E-state index < -0.39 is 15.8 Å². The minimum Gasteiger partial charge on any atom is -0.466 e. The smallest absolute Gasteiger partial charge is 0.420 e. The van der Waals surface area contributed by atoms with Crippen LogP contribution in [0.1, 0.15) is 32.6 Å². The minimum atomic E-state index is -3.65. The van der Waals surface area contributed by atoms with Crippen LogP contribution in [0, 0.1) is 5.92 Å². The molecule has 0 N–H and O–H groups in total. The highest BCUT2D eigenvalue weighted by Crippen LogP contribution is 2.25. The third-order valence-corrected chi connectivity index (χ3v) is 7.92. The zero-order valence-electron chi connectivity index (χ0n) is 18.0. The summed E-state index contributed by atoms with van der Waals surface area (Å²) in [4.78, 5) is 38.9. The number of fused-ring (bicyclic) bond motifs is 1. The molecule has 1 aromatic heterocycles. The van der Waals surface area contributed by atoms with Crippen LogP contribution in [0.2, 0.25) is 0 Å². The number of esters is 1. The Morgan fingerprint density at radius 1 is 1.16 bits per heavy atom. The number of benzene rings is 1. The molecule has 2 saturated heterocycles. The van der Waals surface area contributed by atoms with E-state index in [0.29, 0.717) is 38.0 Å². The minimum absolute atomic E-state index is 0.0624. The summed E-state index contributed by atoms with van der Waals surface area (Å²) in [6, 6.07) is 4.26. The molecule has 11 heteroatoms. The SMILES string of the molecule is CCOC(=O)[C@H]1CCCN(C(=O)Cn2c(=O)oc3cc(S(=O)(=O)N4CCCC4)ccc32)C1. The van der Waals surface area contributed by atoms with Gasteiger partial charge in [-0.3, -0.25) is 14.2 Å². The molecule has 0 spiro atoms. The Labute approximate surface area is 185 Å². The first-order chi connectivity index (χ1) is 15.3. The van der Waals surface area contributed by atoms with E-state index in [-0.39, 0.29) is 48.0 Å². The Hall–Kier alpha value is -2.66. The summed E-state index contributed by atoms with van der Waals surface area (Å²) in [5.74, 6) is -1.73. The van der Waals surface area contributed by atoms with Gasteiger partial charge in [0.15, 0.2) is 5.58 Å². The second-order valence-corrected chi connectivity index (χ2v) is 10.1. The van der Waals surface area contributed by atoms with Gasteiger partial charge in [0.05, 0.1) is 22.9 Å². The Morgan fingerprint density at radius 3 is 2.62 bits per heavy atom. The molecule has 2 aliphatic rings. The maximum Gasteiger partial charge on any atom is 0.420 e. The first-order valence-corrected chi connectivity index (χ1v) is 12.3. The van der Waals surface area contributed by atoms with E-state index in [1.165, 1.54) is 27.1 Å². The molecule has 174 valence electrons. The largest absolute Gasteiger partial charge is 0.466 e. The number of aromatic nitrogens is 1. The summed E-state index contributed by atoms with van der Waals surface area (Å²) in [5.41, 5.74) is 0.466. The highest BCUT2D eigenvalue weighted by molar-refractivity contribution is 7.89. The van der Waals surface area contributed by atoms with Crippen molar-refractivity contribution in [2.45, 2.75) is 44.0 Å². The van der Waals surface area contributed by atoms with Gasteiger partial charge in [-0.25, -0.2) is 13.2 Å². The summed E-state index contributed by atoms with van der Waals surface area (Å²) >= 11 is 0. The van der Waals surface area contributed by atoms with Gasteiger partial charge in [-0.05, 0) is 44.7 Å². The van der Waals surface area contributed by atoms with Gasteiger partial charge >= 0.3 is 11.7 Å². The summed E-state index contributed by atoms with van der Waals surface area (Å²) in [7, 11) is -3.65. The summed E-state index contributed by atoms with van der Waals surface area (Å²) in [5, 5.41) is 0. The van der Waals surface area contributed by atoms with Crippen LogP contribution in [-0.4, -0.2) is 66.9 Å². The lowest BCUT2D eigenvalue weighted by atomic mass is 9.98. The molecule has 0 bridgehead atoms. The first kappa shape index (κ1) is 22.5. The molecular weight excluding hydrogens is 438 g/mol. The second kappa shape index (κ2) is 9.07. The van der Waals surface area contributed by atoms with Crippen LogP contribution in [0.15, 0.2) is 32.3 Å². The number of ether oxygens (including phenoxy) is 1. The van der Waals surface area contributed by atoms with Crippen LogP contribution < -0.4 is 5.76 Å². The normalized spacial score (nSPS) is 20.0. The third kappa shape index (κ3) is 4.31. The highest BCUT2D eigenvalue weighted by Gasteiger charge is 2.31. The fourth-order valence-electron chi connectivity index (χ4n) is 4.33. The van der Waals surface area contributed by atoms with Gasteiger partial charge in [-0.1, -0.05) is 0 Å². The molecule has 0 unspecified atom stereocenters. The van der Waals surface area contributed by atoms with Crippen molar-refractivity contribution in [1.82, 2.24) is 13.8 Å². The molecule has 3 heterocycles. The van der Waals surface area contributed by atoms with Gasteiger partial charge in [-0.2, -0.15) is 4.31 Å². The Balaban J connectivity index is 1.53. The van der Waals surface area contributed by atoms with E-state index in [4.69, 9.17) is 9.15 Å². The van der Waals surface area contributed by atoms with Crippen molar-refractivity contribution in [3.05, 3.63) is 28.7 Å². The number of hydrogen-bond donors (Lipinski definition) is 0. The molecule has 1 atom stereocenters. The van der Waals surface area contributed by atoms with Crippen LogP contribution >= 0.6 is 0 Å². The maximum atomic E-state index is 12.9. The molecule has 4 rings (SSSR count). The van der Waals surface area contributed by atoms with Gasteiger partial charge in [0.1, 0.15) is 6.54 Å². The number of amides is 1. The lowest BCUT2D eigenvalue weighted by molar-refractivity contribution is -0.151. The number of likely N-dealkylation sites (tertiary alicyclic amines) is 1. The first-order valence-electron chi connectivity index (χ1n) is 10.9. The molecule has 1 amide bonds. The van der Waals surface area contributed by atoms with Crippen LogP contribution in [-0.2, 0) is 30.9 Å². The number of sulfonamides is 1. The topological polar surface area (TPSA) is 119 Å². The fourth-order valence-corrected chi connectivity index (χ4v) is 5.86. The molecule has 32 heavy (non-hydrogen) atoms. The quantitative estimate of drug-likeness (QED) is 0.588. The van der Waals surface area contributed by atoms with Crippen LogP contribution in [0.5, 0.6) is 0 Å². The monoisotopic (exact) mass is 465 g/mol. The van der Waals surface area contributed by atoms with E-state index >= 15 is 0 Å². The molecule has 0 aliphatic carbocycles. The standard InChI is InChI=1S/C21H27N3O7S/c1-2-30-20(26)15-6-5-9-22(13-15)19(25)14-24-17-8-7-16(12-18(17)31-21(24)27)32(28,29)23-10-3-4-11-23/h7-8,12,15H,2-6,9-11,13-14H2,1H3/t15-/m0/s1. The molecule has 2 aromatic rings. The van der Waals surface area contributed by atoms with Crippen molar-refractivity contribution >= 4 is 33.0 Å². The van der Waals surface area contributed by atoms with Crippen molar-refractivity contribution in [3.63, 3.8) is 0 Å². The van der Waals surface area contributed by atoms with Crippen LogP contribution in [0.25, 0.3) is 11.1 Å². The Kier molecular flexibility index (Phi) is 6.38. The van der Waals surface area contributed by atoms with Crippen LogP contribution in [0.4, 0.5) is 0 Å². The van der Waals surface area contributed by atoms with Gasteiger partial charge < -0.3 is 14.1 Å². The summed E-state index contributed by atoms with van der Waals surface area (Å²) in [6.07, 6.45) is 2.98. The molecular formula is C21H27N3O7S. The molecule has 2 fully saturated rings. The number of hydrogen-bond acceptors (Lipinski definition) is 7. The van der Waals surface area contributed by atoms with Crippen LogP contribution in [0.3, 0.4) is 0 Å². The number of carbonyl (C=O) groups excluding carboxylic acids is 2. The molecule has 1 aromatic carbocycles. The molecule has 0 radical (unpaired) electrons. The zero-order chi connectivity index (χ0) is 22.9. The Bertz CT molecular complexity index is 1180. The molecule has 10 nitrogen and oxygen atoms in total. The third-order valence-electron chi connectivity index (χ3n) is 6.03. The zero-order valence-corrected chi connectivity index (χ0v) is 18.8. The van der Waals surface area contributed by atoms with E-state index in [9.17, 15) is 22.8 Å². The van der Waals surface area contributed by atoms with E-state index in [0.717, 1.165) is 12.8 Å². The number of piperidine rings is 1. The van der Waals surface area contributed by atoms with Crippen molar-refractivity contribution in [2.24, 2.45) is 5.92 Å². The van der Waals surface area contributed by atoms with Crippen molar-refractivity contribution in [3.8, 4) is 0 Å². The average Bonchev–Trinajstić information content (AvgIpc) is 3.43. The summed E-state index contributed by atoms with van der Waals surface area (Å²) < 4.78 is 38.5.